The molecule has 0 unspecified atom stereocenters. The van der Waals surface area contributed by atoms with E-state index in [9.17, 15) is 9.90 Å². The number of aromatic nitrogens is 3. The van der Waals surface area contributed by atoms with Crippen LogP contribution in [0, 0.1) is 0 Å². The second-order valence-corrected chi connectivity index (χ2v) is 9.03. The maximum Gasteiger partial charge on any atom is 0.338 e. The van der Waals surface area contributed by atoms with E-state index in [1.54, 1.807) is 12.1 Å². The SMILES string of the molecule is CC(C)(C)OC(=O)c1ccc2c(c1)n1n(-c3cc(C(C)(C)C)ccc3O)n21. The van der Waals surface area contributed by atoms with Crippen LogP contribution in [0.1, 0.15) is 57.5 Å². The molecule has 2 aromatic carbocycles. The molecule has 142 valence electrons. The summed E-state index contributed by atoms with van der Waals surface area (Å²) in [5, 5.41) is 10.4. The average Bonchev–Trinajstić information content (AvgIpc) is 3.18. The van der Waals surface area contributed by atoms with Gasteiger partial charge in [0, 0.05) is 0 Å². The van der Waals surface area contributed by atoms with Crippen LogP contribution in [0.2, 0.25) is 0 Å². The first-order valence-electron chi connectivity index (χ1n) is 9.08. The molecule has 27 heavy (non-hydrogen) atoms. The number of rotatable bonds is 2. The second kappa shape index (κ2) is 5.31. The van der Waals surface area contributed by atoms with Crippen molar-refractivity contribution in [1.82, 2.24) is 14.1 Å². The van der Waals surface area contributed by atoms with Gasteiger partial charge in [-0.05, 0) is 62.1 Å². The molecule has 4 rings (SSSR count). The molecule has 4 aromatic rings. The number of phenolic OH excluding ortho intramolecular Hbond substituents is 1. The fraction of sp³-hybridized carbons (Fsp3) is 0.381. The predicted octanol–water partition coefficient (Wildman–Crippen LogP) is 4.38. The third-order valence-electron chi connectivity index (χ3n) is 4.61. The quantitative estimate of drug-likeness (QED) is 0.535. The van der Waals surface area contributed by atoms with Crippen LogP contribution in [0.15, 0.2) is 36.4 Å². The summed E-state index contributed by atoms with van der Waals surface area (Å²) in [5.74, 6) is -0.120. The highest BCUT2D eigenvalue weighted by atomic mass is 16.6. The van der Waals surface area contributed by atoms with Crippen molar-refractivity contribution in [3.63, 3.8) is 0 Å². The maximum atomic E-state index is 12.3. The standard InChI is InChI=1S/C21H25N3O3/c1-20(2,3)14-8-10-18(25)17(12-14)24-22-15-9-7-13(11-16(15)23(22)24)19(26)27-21(4,5)6/h7-12,25H,1-6H3. The Bertz CT molecular complexity index is 1150. The van der Waals surface area contributed by atoms with Gasteiger partial charge in [0.25, 0.3) is 0 Å². The fourth-order valence-electron chi connectivity index (χ4n) is 3.16. The normalized spacial score (nSPS) is 13.1. The van der Waals surface area contributed by atoms with Crippen LogP contribution < -0.4 is 0 Å². The zero-order valence-electron chi connectivity index (χ0n) is 16.6. The van der Waals surface area contributed by atoms with Gasteiger partial charge in [0.05, 0.1) is 5.56 Å². The first-order chi connectivity index (χ1) is 12.5. The number of ether oxygens (including phenoxy) is 1. The Morgan fingerprint density at radius 3 is 2.22 bits per heavy atom. The van der Waals surface area contributed by atoms with Gasteiger partial charge < -0.3 is 9.84 Å². The van der Waals surface area contributed by atoms with Crippen LogP contribution in [0.25, 0.3) is 16.7 Å². The molecule has 0 aliphatic heterocycles. The van der Waals surface area contributed by atoms with Gasteiger partial charge in [-0.15, -0.1) is 14.1 Å². The van der Waals surface area contributed by atoms with Gasteiger partial charge in [0.1, 0.15) is 28.1 Å². The monoisotopic (exact) mass is 367 g/mol. The number of phenols is 1. The van der Waals surface area contributed by atoms with E-state index in [-0.39, 0.29) is 17.1 Å². The molecule has 0 fully saturated rings. The van der Waals surface area contributed by atoms with E-state index in [2.05, 4.69) is 20.8 Å². The molecule has 1 N–H and O–H groups in total. The highest BCUT2D eigenvalue weighted by molar-refractivity contribution is 5.94. The molecule has 0 radical (unpaired) electrons. The van der Waals surface area contributed by atoms with E-state index in [1.807, 2.05) is 59.1 Å². The van der Waals surface area contributed by atoms with Gasteiger partial charge in [-0.3, -0.25) is 0 Å². The van der Waals surface area contributed by atoms with Crippen LogP contribution >= 0.6 is 0 Å². The molecule has 0 bridgehead atoms. The molecule has 0 spiro atoms. The summed E-state index contributed by atoms with van der Waals surface area (Å²) in [7, 11) is 0. The smallest absolute Gasteiger partial charge is 0.338 e. The first kappa shape index (κ1) is 17.5. The number of aromatic hydroxyl groups is 1. The summed E-state index contributed by atoms with van der Waals surface area (Å²) in [4.78, 5) is 14.2. The molecular formula is C21H25N3O3. The summed E-state index contributed by atoms with van der Waals surface area (Å²) >= 11 is 0. The topological polar surface area (TPSA) is 60.3 Å². The number of carbonyl (C=O) groups is 1. The summed E-state index contributed by atoms with van der Waals surface area (Å²) in [5.41, 5.74) is 3.74. The van der Waals surface area contributed by atoms with Crippen molar-refractivity contribution in [2.45, 2.75) is 52.6 Å². The van der Waals surface area contributed by atoms with E-state index in [4.69, 9.17) is 4.74 Å². The number of hydrogen-bond donors (Lipinski definition) is 1. The largest absolute Gasteiger partial charge is 0.506 e. The predicted molar refractivity (Wildman–Crippen MR) is 104 cm³/mol. The van der Waals surface area contributed by atoms with Crippen LogP contribution in [0.5, 0.6) is 5.75 Å². The number of fused-ring (bicyclic) bond motifs is 4. The minimum absolute atomic E-state index is 0.0150. The van der Waals surface area contributed by atoms with Crippen molar-refractivity contribution in [3.8, 4) is 11.4 Å². The average molecular weight is 367 g/mol. The Kier molecular flexibility index (Phi) is 3.45. The van der Waals surface area contributed by atoms with Crippen LogP contribution in [-0.4, -0.2) is 30.7 Å². The third kappa shape index (κ3) is 2.85. The van der Waals surface area contributed by atoms with E-state index in [0.29, 0.717) is 5.56 Å². The molecule has 0 saturated heterocycles. The molecule has 2 heterocycles. The minimum atomic E-state index is -0.531. The molecule has 0 saturated carbocycles. The first-order valence-corrected chi connectivity index (χ1v) is 9.08. The van der Waals surface area contributed by atoms with Crippen LogP contribution in [0.3, 0.4) is 0 Å². The molecule has 0 atom stereocenters. The molecule has 0 aliphatic rings. The fourth-order valence-corrected chi connectivity index (χ4v) is 3.16. The van der Waals surface area contributed by atoms with Gasteiger partial charge in [-0.1, -0.05) is 26.8 Å². The number of carbonyl (C=O) groups excluding carboxylic acids is 1. The summed E-state index contributed by atoms with van der Waals surface area (Å²) in [6.07, 6.45) is 0. The number of nitrogens with zero attached hydrogens (tertiary/aromatic N) is 3. The van der Waals surface area contributed by atoms with Crippen LogP contribution in [0.4, 0.5) is 0 Å². The number of hydrogen-bond acceptors (Lipinski definition) is 3. The van der Waals surface area contributed by atoms with Gasteiger partial charge in [0.15, 0.2) is 0 Å². The molecule has 0 aliphatic carbocycles. The zero-order chi connectivity index (χ0) is 19.7. The third-order valence-corrected chi connectivity index (χ3v) is 4.61. The van der Waals surface area contributed by atoms with E-state index in [1.165, 1.54) is 0 Å². The highest BCUT2D eigenvalue weighted by Gasteiger charge is 2.28. The lowest BCUT2D eigenvalue weighted by molar-refractivity contribution is 0.00696. The maximum absolute atomic E-state index is 12.3. The Balaban J connectivity index is 1.74. The van der Waals surface area contributed by atoms with Gasteiger partial charge in [0.2, 0.25) is 0 Å². The van der Waals surface area contributed by atoms with Crippen molar-refractivity contribution >= 4 is 17.0 Å². The molecule has 2 aromatic heterocycles. The van der Waals surface area contributed by atoms with Gasteiger partial charge in [-0.25, -0.2) is 4.79 Å². The van der Waals surface area contributed by atoms with Crippen molar-refractivity contribution in [3.05, 3.63) is 47.5 Å². The lowest BCUT2D eigenvalue weighted by atomic mass is 9.87. The Morgan fingerprint density at radius 2 is 1.59 bits per heavy atom. The molecule has 0 amide bonds. The Morgan fingerprint density at radius 1 is 0.926 bits per heavy atom. The zero-order valence-corrected chi connectivity index (χ0v) is 16.6. The Labute approximate surface area is 157 Å². The lowest BCUT2D eigenvalue weighted by Gasteiger charge is -2.19. The van der Waals surface area contributed by atoms with E-state index >= 15 is 0 Å². The minimum Gasteiger partial charge on any atom is -0.506 e. The summed E-state index contributed by atoms with van der Waals surface area (Å²) in [6.45, 7) is 12.0. The van der Waals surface area contributed by atoms with Crippen molar-refractivity contribution < 1.29 is 14.6 Å². The van der Waals surface area contributed by atoms with Crippen molar-refractivity contribution in [2.75, 3.05) is 0 Å². The molecule has 6 nitrogen and oxygen atoms in total. The highest BCUT2D eigenvalue weighted by Crippen LogP contribution is 2.34. The summed E-state index contributed by atoms with van der Waals surface area (Å²) < 4.78 is 9.33. The van der Waals surface area contributed by atoms with Crippen LogP contribution in [-0.2, 0) is 10.2 Å². The summed E-state index contributed by atoms with van der Waals surface area (Å²) in [6, 6.07) is 11.2. The Hall–Kier alpha value is -2.89. The lowest BCUT2D eigenvalue weighted by Crippen LogP contribution is -2.23. The second-order valence-electron chi connectivity index (χ2n) is 9.03. The molecule has 6 heteroatoms. The van der Waals surface area contributed by atoms with E-state index < -0.39 is 5.60 Å². The van der Waals surface area contributed by atoms with Gasteiger partial charge in [-0.2, -0.15) is 0 Å². The number of esters is 1. The van der Waals surface area contributed by atoms with Crippen molar-refractivity contribution in [2.24, 2.45) is 0 Å². The number of benzene rings is 2. The van der Waals surface area contributed by atoms with Gasteiger partial charge >= 0.3 is 5.97 Å². The van der Waals surface area contributed by atoms with Crippen molar-refractivity contribution in [1.29, 1.82) is 0 Å². The molecular weight excluding hydrogens is 342 g/mol. The van der Waals surface area contributed by atoms with E-state index in [0.717, 1.165) is 22.3 Å².